The van der Waals surface area contributed by atoms with Gasteiger partial charge in [0.25, 0.3) is 0 Å². The maximum atomic E-state index is 13.6. The summed E-state index contributed by atoms with van der Waals surface area (Å²) >= 11 is 0. The molecule has 0 amide bonds. The Labute approximate surface area is 105 Å². The van der Waals surface area contributed by atoms with E-state index in [4.69, 9.17) is 5.26 Å². The van der Waals surface area contributed by atoms with E-state index in [0.29, 0.717) is 11.3 Å². The Kier molecular flexibility index (Phi) is 3.38. The zero-order valence-electron chi connectivity index (χ0n) is 10.3. The van der Waals surface area contributed by atoms with E-state index in [9.17, 15) is 4.39 Å². The third-order valence-corrected chi connectivity index (χ3v) is 2.70. The average molecular weight is 244 g/mol. The molecule has 1 aromatic carbocycles. The number of hydrogen-bond donors (Lipinski definition) is 0. The second-order valence-electron chi connectivity index (χ2n) is 4.34. The van der Waals surface area contributed by atoms with Gasteiger partial charge in [-0.15, -0.1) is 5.10 Å². The van der Waals surface area contributed by atoms with Gasteiger partial charge in [-0.25, -0.2) is 9.07 Å². The summed E-state index contributed by atoms with van der Waals surface area (Å²) in [6.07, 6.45) is 0. The third-order valence-electron chi connectivity index (χ3n) is 2.70. The molecule has 0 aliphatic carbocycles. The van der Waals surface area contributed by atoms with Gasteiger partial charge in [-0.1, -0.05) is 37.3 Å². The Morgan fingerprint density at radius 1 is 1.39 bits per heavy atom. The van der Waals surface area contributed by atoms with E-state index in [-0.39, 0.29) is 18.3 Å². The summed E-state index contributed by atoms with van der Waals surface area (Å²) in [5, 5.41) is 16.7. The van der Waals surface area contributed by atoms with Crippen LogP contribution in [-0.4, -0.2) is 15.0 Å². The summed E-state index contributed by atoms with van der Waals surface area (Å²) in [7, 11) is 0. The summed E-state index contributed by atoms with van der Waals surface area (Å²) in [6.45, 7) is 4.20. The highest BCUT2D eigenvalue weighted by Gasteiger charge is 2.16. The molecule has 18 heavy (non-hydrogen) atoms. The van der Waals surface area contributed by atoms with Crippen LogP contribution in [0.2, 0.25) is 0 Å². The molecule has 0 bridgehead atoms. The molecule has 4 nitrogen and oxygen atoms in total. The molecule has 0 aliphatic heterocycles. The Morgan fingerprint density at radius 3 is 2.72 bits per heavy atom. The summed E-state index contributed by atoms with van der Waals surface area (Å²) in [5.41, 5.74) is 1.58. The van der Waals surface area contributed by atoms with E-state index >= 15 is 0 Å². The van der Waals surface area contributed by atoms with Crippen molar-refractivity contribution in [2.24, 2.45) is 0 Å². The minimum atomic E-state index is -0.277. The fourth-order valence-electron chi connectivity index (χ4n) is 1.88. The van der Waals surface area contributed by atoms with Crippen molar-refractivity contribution in [2.75, 3.05) is 0 Å². The molecule has 0 saturated heterocycles. The van der Waals surface area contributed by atoms with Crippen molar-refractivity contribution in [2.45, 2.75) is 26.3 Å². The molecule has 0 radical (unpaired) electrons. The van der Waals surface area contributed by atoms with E-state index in [2.05, 4.69) is 10.3 Å². The van der Waals surface area contributed by atoms with Crippen molar-refractivity contribution in [3.8, 4) is 6.07 Å². The van der Waals surface area contributed by atoms with Gasteiger partial charge in [0, 0.05) is 5.56 Å². The molecular formula is C13H13FN4. The number of hydrogen-bond acceptors (Lipinski definition) is 3. The van der Waals surface area contributed by atoms with Crippen LogP contribution in [0.1, 0.15) is 36.7 Å². The molecule has 2 aromatic rings. The van der Waals surface area contributed by atoms with Crippen molar-refractivity contribution in [3.05, 3.63) is 47.0 Å². The number of nitriles is 1. The normalized spacial score (nSPS) is 10.6. The number of nitrogens with zero attached hydrogens (tertiary/aromatic N) is 4. The maximum Gasteiger partial charge on any atom is 0.186 e. The number of rotatable bonds is 3. The van der Waals surface area contributed by atoms with Gasteiger partial charge in [-0.2, -0.15) is 5.26 Å². The molecule has 0 unspecified atom stereocenters. The lowest BCUT2D eigenvalue weighted by atomic mass is 10.1. The minimum Gasteiger partial charge on any atom is -0.243 e. The lowest BCUT2D eigenvalue weighted by Gasteiger charge is -2.09. The zero-order chi connectivity index (χ0) is 13.1. The standard InChI is InChI=1S/C13H13FN4/c1-9(2)13-12(7-15)16-17-18(13)8-10-5-3-4-6-11(10)14/h3-6,9H,8H2,1-2H3. The molecular weight excluding hydrogens is 231 g/mol. The molecule has 0 saturated carbocycles. The van der Waals surface area contributed by atoms with Gasteiger partial charge in [0.2, 0.25) is 0 Å². The van der Waals surface area contributed by atoms with E-state index in [1.807, 2.05) is 19.9 Å². The van der Waals surface area contributed by atoms with Gasteiger partial charge in [-0.05, 0) is 12.0 Å². The Hall–Kier alpha value is -2.22. The van der Waals surface area contributed by atoms with Crippen LogP contribution >= 0.6 is 0 Å². The lowest BCUT2D eigenvalue weighted by Crippen LogP contribution is -2.09. The first kappa shape index (κ1) is 12.2. The van der Waals surface area contributed by atoms with Crippen LogP contribution in [0.25, 0.3) is 0 Å². The molecule has 1 heterocycles. The average Bonchev–Trinajstić information content (AvgIpc) is 2.75. The molecule has 5 heteroatoms. The van der Waals surface area contributed by atoms with Crippen LogP contribution in [0.3, 0.4) is 0 Å². The zero-order valence-corrected chi connectivity index (χ0v) is 10.3. The summed E-state index contributed by atoms with van der Waals surface area (Å²) < 4.78 is 15.2. The molecule has 0 N–H and O–H groups in total. The van der Waals surface area contributed by atoms with Crippen LogP contribution in [-0.2, 0) is 6.54 Å². The van der Waals surface area contributed by atoms with Crippen LogP contribution in [0.15, 0.2) is 24.3 Å². The highest BCUT2D eigenvalue weighted by Crippen LogP contribution is 2.18. The Bertz CT molecular complexity index is 595. The smallest absolute Gasteiger partial charge is 0.186 e. The summed E-state index contributed by atoms with van der Waals surface area (Å²) in [6, 6.07) is 8.54. The van der Waals surface area contributed by atoms with E-state index < -0.39 is 0 Å². The second-order valence-corrected chi connectivity index (χ2v) is 4.34. The molecule has 92 valence electrons. The lowest BCUT2D eigenvalue weighted by molar-refractivity contribution is 0.557. The Morgan fingerprint density at radius 2 is 2.11 bits per heavy atom. The van der Waals surface area contributed by atoms with Gasteiger partial charge in [0.05, 0.1) is 12.2 Å². The van der Waals surface area contributed by atoms with Gasteiger partial charge in [0.15, 0.2) is 5.69 Å². The van der Waals surface area contributed by atoms with Gasteiger partial charge >= 0.3 is 0 Å². The summed E-state index contributed by atoms with van der Waals surface area (Å²) in [4.78, 5) is 0. The van der Waals surface area contributed by atoms with Crippen LogP contribution in [0.4, 0.5) is 4.39 Å². The van der Waals surface area contributed by atoms with Crippen molar-refractivity contribution >= 4 is 0 Å². The van der Waals surface area contributed by atoms with Crippen molar-refractivity contribution in [1.82, 2.24) is 15.0 Å². The van der Waals surface area contributed by atoms with Gasteiger partial charge in [-0.3, -0.25) is 0 Å². The predicted octanol–water partition coefficient (Wildman–Crippen LogP) is 2.46. The summed E-state index contributed by atoms with van der Waals surface area (Å²) in [5.74, 6) is -0.164. The van der Waals surface area contributed by atoms with E-state index in [1.165, 1.54) is 6.07 Å². The molecule has 2 rings (SSSR count). The second kappa shape index (κ2) is 4.96. The highest BCUT2D eigenvalue weighted by molar-refractivity contribution is 5.28. The first-order valence-electron chi connectivity index (χ1n) is 5.70. The molecule has 0 atom stereocenters. The minimum absolute atomic E-state index is 0.112. The van der Waals surface area contributed by atoms with E-state index in [1.54, 1.807) is 22.9 Å². The van der Waals surface area contributed by atoms with Crippen LogP contribution in [0.5, 0.6) is 0 Å². The SMILES string of the molecule is CC(C)c1c(C#N)nnn1Cc1ccccc1F. The van der Waals surface area contributed by atoms with Crippen molar-refractivity contribution < 1.29 is 4.39 Å². The molecule has 0 spiro atoms. The highest BCUT2D eigenvalue weighted by atomic mass is 19.1. The monoisotopic (exact) mass is 244 g/mol. The van der Waals surface area contributed by atoms with Crippen molar-refractivity contribution in [1.29, 1.82) is 5.26 Å². The number of halogens is 1. The first-order valence-corrected chi connectivity index (χ1v) is 5.70. The van der Waals surface area contributed by atoms with Gasteiger partial charge < -0.3 is 0 Å². The molecule has 0 aliphatic rings. The molecule has 1 aromatic heterocycles. The first-order chi connectivity index (χ1) is 8.63. The van der Waals surface area contributed by atoms with Crippen LogP contribution < -0.4 is 0 Å². The van der Waals surface area contributed by atoms with Crippen molar-refractivity contribution in [3.63, 3.8) is 0 Å². The number of benzene rings is 1. The quantitative estimate of drug-likeness (QED) is 0.833. The van der Waals surface area contributed by atoms with E-state index in [0.717, 1.165) is 5.69 Å². The molecule has 0 fully saturated rings. The maximum absolute atomic E-state index is 13.6. The predicted molar refractivity (Wildman–Crippen MR) is 64.3 cm³/mol. The van der Waals surface area contributed by atoms with Crippen LogP contribution in [0, 0.1) is 17.1 Å². The number of aromatic nitrogens is 3. The Balaban J connectivity index is 2.39. The van der Waals surface area contributed by atoms with Gasteiger partial charge in [0.1, 0.15) is 11.9 Å². The fraction of sp³-hybridized carbons (Fsp3) is 0.308. The topological polar surface area (TPSA) is 54.5 Å². The largest absolute Gasteiger partial charge is 0.243 e. The third kappa shape index (κ3) is 2.23. The fourth-order valence-corrected chi connectivity index (χ4v) is 1.88.